The number of benzene rings is 1. The summed E-state index contributed by atoms with van der Waals surface area (Å²) < 4.78 is 11.3. The Kier molecular flexibility index (Phi) is 5.45. The number of hydrogen-bond acceptors (Lipinski definition) is 4. The van der Waals surface area contributed by atoms with Crippen LogP contribution in [0.3, 0.4) is 0 Å². The van der Waals surface area contributed by atoms with Gasteiger partial charge in [0.2, 0.25) is 0 Å². The number of halogens is 2. The van der Waals surface area contributed by atoms with Gasteiger partial charge in [-0.15, -0.1) is 0 Å². The third-order valence-corrected chi connectivity index (χ3v) is 3.78. The largest absolute Gasteiger partial charge is 0.493 e. The Hall–Kier alpha value is -1.30. The van der Waals surface area contributed by atoms with Gasteiger partial charge in [-0.2, -0.15) is 0 Å². The molecule has 0 amide bonds. The molecule has 0 radical (unpaired) electrons. The van der Waals surface area contributed by atoms with E-state index >= 15 is 0 Å². The molecular formula is C15H15BrClNO3. The number of aliphatic hydroxyl groups is 1. The lowest BCUT2D eigenvalue weighted by Gasteiger charge is -2.15. The lowest BCUT2D eigenvalue weighted by molar-refractivity contribution is 0.176. The highest BCUT2D eigenvalue weighted by Crippen LogP contribution is 2.38. The maximum Gasteiger partial charge on any atom is 0.179 e. The Morgan fingerprint density at radius 3 is 2.62 bits per heavy atom. The van der Waals surface area contributed by atoms with Crippen LogP contribution in [0.2, 0.25) is 5.02 Å². The zero-order chi connectivity index (χ0) is 15.4. The summed E-state index contributed by atoms with van der Waals surface area (Å²) in [5.41, 5.74) is 1.44. The molecule has 4 nitrogen and oxygen atoms in total. The fourth-order valence-corrected chi connectivity index (χ4v) is 2.50. The van der Waals surface area contributed by atoms with Gasteiger partial charge in [-0.3, -0.25) is 4.98 Å². The summed E-state index contributed by atoms with van der Waals surface area (Å²) >= 11 is 9.47. The second kappa shape index (κ2) is 7.11. The van der Waals surface area contributed by atoms with Gasteiger partial charge in [0.1, 0.15) is 0 Å². The number of hydrogen-bond donors (Lipinski definition) is 1. The van der Waals surface area contributed by atoms with E-state index in [0.717, 1.165) is 10.2 Å². The molecule has 1 aromatic carbocycles. The third kappa shape index (κ3) is 3.87. The lowest BCUT2D eigenvalue weighted by Crippen LogP contribution is -2.04. The monoisotopic (exact) mass is 371 g/mol. The molecule has 0 saturated heterocycles. The van der Waals surface area contributed by atoms with Gasteiger partial charge in [-0.25, -0.2) is 0 Å². The molecule has 1 heterocycles. The fraction of sp³-hybridized carbons (Fsp3) is 0.267. The van der Waals surface area contributed by atoms with E-state index in [2.05, 4.69) is 20.9 Å². The molecule has 0 saturated carbocycles. The maximum atomic E-state index is 10.3. The molecule has 1 N–H and O–H groups in total. The summed E-state index contributed by atoms with van der Waals surface area (Å²) in [5.74, 6) is 0.944. The zero-order valence-electron chi connectivity index (χ0n) is 11.6. The SMILES string of the molecule is COc1cc(C(O)Cc2ccc(Br)cn2)cc(Cl)c1OC. The minimum absolute atomic E-state index is 0.388. The highest BCUT2D eigenvalue weighted by Gasteiger charge is 2.16. The summed E-state index contributed by atoms with van der Waals surface area (Å²) in [5, 5.41) is 10.7. The number of aliphatic hydroxyl groups excluding tert-OH is 1. The van der Waals surface area contributed by atoms with Crippen molar-refractivity contribution >= 4 is 27.5 Å². The molecule has 2 aromatic rings. The fourth-order valence-electron chi connectivity index (χ4n) is 1.97. The molecule has 0 spiro atoms. The average Bonchev–Trinajstić information content (AvgIpc) is 2.48. The predicted molar refractivity (Wildman–Crippen MR) is 85.2 cm³/mol. The van der Waals surface area contributed by atoms with Crippen molar-refractivity contribution in [3.63, 3.8) is 0 Å². The zero-order valence-corrected chi connectivity index (χ0v) is 14.0. The Morgan fingerprint density at radius 1 is 1.29 bits per heavy atom. The highest BCUT2D eigenvalue weighted by molar-refractivity contribution is 9.10. The summed E-state index contributed by atoms with van der Waals surface area (Å²) in [4.78, 5) is 4.25. The van der Waals surface area contributed by atoms with E-state index in [0.29, 0.717) is 28.5 Å². The van der Waals surface area contributed by atoms with E-state index in [-0.39, 0.29) is 0 Å². The van der Waals surface area contributed by atoms with Crippen molar-refractivity contribution in [1.82, 2.24) is 4.98 Å². The number of aromatic nitrogens is 1. The molecule has 2 rings (SSSR count). The average molecular weight is 373 g/mol. The molecule has 0 aliphatic carbocycles. The van der Waals surface area contributed by atoms with Gasteiger partial charge < -0.3 is 14.6 Å². The van der Waals surface area contributed by atoms with Crippen molar-refractivity contribution in [2.24, 2.45) is 0 Å². The van der Waals surface area contributed by atoms with Gasteiger partial charge in [-0.1, -0.05) is 11.6 Å². The van der Waals surface area contributed by atoms with Gasteiger partial charge >= 0.3 is 0 Å². The second-order valence-corrected chi connectivity index (χ2v) is 5.75. The van der Waals surface area contributed by atoms with Crippen LogP contribution in [0, 0.1) is 0 Å². The van der Waals surface area contributed by atoms with Crippen molar-refractivity contribution in [3.8, 4) is 11.5 Å². The number of ether oxygens (including phenoxy) is 2. The molecule has 0 bridgehead atoms. The number of pyridine rings is 1. The van der Waals surface area contributed by atoms with Crippen LogP contribution in [0.25, 0.3) is 0 Å². The highest BCUT2D eigenvalue weighted by atomic mass is 79.9. The van der Waals surface area contributed by atoms with Crippen molar-refractivity contribution in [2.75, 3.05) is 14.2 Å². The van der Waals surface area contributed by atoms with E-state index in [4.69, 9.17) is 21.1 Å². The molecule has 0 aliphatic heterocycles. The third-order valence-electron chi connectivity index (χ3n) is 3.03. The van der Waals surface area contributed by atoms with E-state index in [1.54, 1.807) is 18.3 Å². The molecule has 1 atom stereocenters. The molecule has 0 aliphatic rings. The molecule has 1 unspecified atom stereocenters. The van der Waals surface area contributed by atoms with Crippen LogP contribution in [0.5, 0.6) is 11.5 Å². The normalized spacial score (nSPS) is 12.0. The van der Waals surface area contributed by atoms with E-state index < -0.39 is 6.10 Å². The topological polar surface area (TPSA) is 51.6 Å². The first-order valence-electron chi connectivity index (χ1n) is 6.25. The van der Waals surface area contributed by atoms with Gasteiger partial charge in [0.15, 0.2) is 11.5 Å². The minimum atomic E-state index is -0.726. The van der Waals surface area contributed by atoms with E-state index in [1.807, 2.05) is 12.1 Å². The first-order valence-corrected chi connectivity index (χ1v) is 7.42. The Morgan fingerprint density at radius 2 is 2.05 bits per heavy atom. The Labute approximate surface area is 136 Å². The van der Waals surface area contributed by atoms with E-state index in [9.17, 15) is 5.11 Å². The molecule has 0 fully saturated rings. The molecule has 6 heteroatoms. The quantitative estimate of drug-likeness (QED) is 0.867. The number of rotatable bonds is 5. The van der Waals surface area contributed by atoms with Crippen LogP contribution in [0.15, 0.2) is 34.9 Å². The van der Waals surface area contributed by atoms with Crippen molar-refractivity contribution in [1.29, 1.82) is 0 Å². The van der Waals surface area contributed by atoms with Crippen molar-refractivity contribution in [2.45, 2.75) is 12.5 Å². The standard InChI is InChI=1S/C15H15BrClNO3/c1-20-14-6-9(5-12(17)15(14)21-2)13(19)7-11-4-3-10(16)8-18-11/h3-6,8,13,19H,7H2,1-2H3. The second-order valence-electron chi connectivity index (χ2n) is 4.43. The summed E-state index contributed by atoms with van der Waals surface area (Å²) in [7, 11) is 3.05. The smallest absolute Gasteiger partial charge is 0.179 e. The summed E-state index contributed by atoms with van der Waals surface area (Å²) in [6.07, 6.45) is 1.36. The van der Waals surface area contributed by atoms with Crippen LogP contribution < -0.4 is 9.47 Å². The molecular weight excluding hydrogens is 358 g/mol. The predicted octanol–water partition coefficient (Wildman–Crippen LogP) is 3.79. The van der Waals surface area contributed by atoms with Crippen molar-refractivity contribution < 1.29 is 14.6 Å². The Bertz CT molecular complexity index is 619. The van der Waals surface area contributed by atoms with Crippen LogP contribution >= 0.6 is 27.5 Å². The summed E-state index contributed by atoms with van der Waals surface area (Å²) in [6, 6.07) is 7.13. The molecule has 21 heavy (non-hydrogen) atoms. The Balaban J connectivity index is 2.24. The van der Waals surface area contributed by atoms with Crippen LogP contribution in [0.1, 0.15) is 17.4 Å². The molecule has 1 aromatic heterocycles. The van der Waals surface area contributed by atoms with Crippen LogP contribution in [-0.2, 0) is 6.42 Å². The van der Waals surface area contributed by atoms with Gasteiger partial charge in [0.05, 0.1) is 25.3 Å². The lowest BCUT2D eigenvalue weighted by atomic mass is 10.0. The minimum Gasteiger partial charge on any atom is -0.493 e. The first-order chi connectivity index (χ1) is 10.0. The molecule has 112 valence electrons. The van der Waals surface area contributed by atoms with Crippen LogP contribution in [-0.4, -0.2) is 24.3 Å². The first kappa shape index (κ1) is 16.1. The van der Waals surface area contributed by atoms with Gasteiger partial charge in [-0.05, 0) is 45.8 Å². The van der Waals surface area contributed by atoms with Gasteiger partial charge in [0.25, 0.3) is 0 Å². The van der Waals surface area contributed by atoms with Crippen LogP contribution in [0.4, 0.5) is 0 Å². The number of nitrogens with zero attached hydrogens (tertiary/aromatic N) is 1. The number of methoxy groups -OCH3 is 2. The van der Waals surface area contributed by atoms with E-state index in [1.165, 1.54) is 14.2 Å². The maximum absolute atomic E-state index is 10.3. The summed E-state index contributed by atoms with van der Waals surface area (Å²) in [6.45, 7) is 0. The van der Waals surface area contributed by atoms with Crippen molar-refractivity contribution in [3.05, 3.63) is 51.2 Å². The van der Waals surface area contributed by atoms with Gasteiger partial charge in [0, 0.05) is 22.8 Å².